The summed E-state index contributed by atoms with van der Waals surface area (Å²) in [5, 5.41) is 2.80. The van der Waals surface area contributed by atoms with E-state index < -0.39 is 0 Å². The van der Waals surface area contributed by atoms with Gasteiger partial charge in [-0.3, -0.25) is 24.3 Å². The van der Waals surface area contributed by atoms with Crippen molar-refractivity contribution in [3.63, 3.8) is 0 Å². The van der Waals surface area contributed by atoms with Crippen LogP contribution in [-0.4, -0.2) is 56.6 Å². The Kier molecular flexibility index (Phi) is 4.77. The topological polar surface area (TPSA) is 95.5 Å². The van der Waals surface area contributed by atoms with E-state index in [4.69, 9.17) is 0 Å². The van der Waals surface area contributed by atoms with Crippen molar-refractivity contribution in [3.8, 4) is 11.1 Å². The van der Waals surface area contributed by atoms with Crippen molar-refractivity contribution in [1.82, 2.24) is 19.8 Å². The Hall–Kier alpha value is -3.55. The van der Waals surface area contributed by atoms with Crippen LogP contribution < -0.4 is 5.32 Å². The van der Waals surface area contributed by atoms with Gasteiger partial charge in [0.2, 0.25) is 5.91 Å². The van der Waals surface area contributed by atoms with Gasteiger partial charge in [0.25, 0.3) is 11.8 Å². The first-order valence-corrected chi connectivity index (χ1v) is 10.6. The first-order valence-electron chi connectivity index (χ1n) is 10.6. The van der Waals surface area contributed by atoms with E-state index in [-0.39, 0.29) is 30.3 Å². The fraction of sp³-hybridized carbons (Fsp3) is 0.348. The second-order valence-electron chi connectivity index (χ2n) is 8.18. The van der Waals surface area contributed by atoms with E-state index in [0.29, 0.717) is 30.1 Å². The molecule has 8 heteroatoms. The van der Waals surface area contributed by atoms with Gasteiger partial charge in [0.05, 0.1) is 6.54 Å². The number of aromatic nitrogens is 2. The van der Waals surface area contributed by atoms with Gasteiger partial charge in [-0.05, 0) is 50.8 Å². The Morgan fingerprint density at radius 3 is 2.71 bits per heavy atom. The molecule has 0 saturated heterocycles. The molecule has 0 aromatic carbocycles. The van der Waals surface area contributed by atoms with E-state index in [9.17, 15) is 14.4 Å². The molecule has 31 heavy (non-hydrogen) atoms. The third kappa shape index (κ3) is 3.58. The fourth-order valence-corrected chi connectivity index (χ4v) is 4.29. The summed E-state index contributed by atoms with van der Waals surface area (Å²) in [5.74, 6) is -0.244. The molecule has 4 heterocycles. The second kappa shape index (κ2) is 7.61. The highest BCUT2D eigenvalue weighted by atomic mass is 16.2. The zero-order valence-electron chi connectivity index (χ0n) is 17.3. The van der Waals surface area contributed by atoms with Crippen molar-refractivity contribution in [1.29, 1.82) is 0 Å². The lowest BCUT2D eigenvalue weighted by Crippen LogP contribution is -2.40. The number of nitrogens with zero attached hydrogens (tertiary/aromatic N) is 4. The highest BCUT2D eigenvalue weighted by Crippen LogP contribution is 2.38. The zero-order valence-corrected chi connectivity index (χ0v) is 17.3. The molecular formula is C23H23N5O3. The van der Waals surface area contributed by atoms with Crippen LogP contribution in [0, 0.1) is 6.92 Å². The Morgan fingerprint density at radius 1 is 1.16 bits per heavy atom. The van der Waals surface area contributed by atoms with Gasteiger partial charge in [0.15, 0.2) is 0 Å². The number of carbonyl (C=O) groups is 3. The van der Waals surface area contributed by atoms with Gasteiger partial charge in [0.1, 0.15) is 11.5 Å². The van der Waals surface area contributed by atoms with Crippen LogP contribution in [0.4, 0.5) is 5.82 Å². The summed E-state index contributed by atoms with van der Waals surface area (Å²) >= 11 is 0. The number of carbonyl (C=O) groups excluding carboxylic acids is 3. The molecule has 1 saturated carbocycles. The van der Waals surface area contributed by atoms with E-state index in [2.05, 4.69) is 15.3 Å². The Balaban J connectivity index is 1.27. The normalized spacial score (nSPS) is 18.5. The number of anilines is 1. The molecule has 158 valence electrons. The van der Waals surface area contributed by atoms with E-state index in [1.165, 1.54) is 4.90 Å². The molecular weight excluding hydrogens is 394 g/mol. The SMILES string of the molecule is Cc1ncccc1-c1ccc(NC(=O)CN2CCCC3=C2C(=O)N(C2CC2)C3=O)nc1. The molecule has 3 aliphatic rings. The van der Waals surface area contributed by atoms with Crippen LogP contribution in [-0.2, 0) is 14.4 Å². The van der Waals surface area contributed by atoms with Crippen LogP contribution >= 0.6 is 0 Å². The molecule has 1 aliphatic carbocycles. The maximum absolute atomic E-state index is 12.8. The van der Waals surface area contributed by atoms with Gasteiger partial charge in [-0.15, -0.1) is 0 Å². The fourth-order valence-electron chi connectivity index (χ4n) is 4.29. The minimum atomic E-state index is -0.267. The number of pyridine rings is 2. The third-order valence-electron chi connectivity index (χ3n) is 5.95. The van der Waals surface area contributed by atoms with Crippen LogP contribution in [0.3, 0.4) is 0 Å². The van der Waals surface area contributed by atoms with Gasteiger partial charge in [0, 0.05) is 47.4 Å². The summed E-state index contributed by atoms with van der Waals surface area (Å²) < 4.78 is 0. The standard InChI is InChI=1S/C23H23N5O3/c1-14-17(4-2-10-24-14)15-6-9-19(25-12-15)26-20(29)13-27-11-3-5-18-21(27)23(31)28(22(18)30)16-7-8-16/h2,4,6,9-10,12,16H,3,5,7-8,11,13H2,1H3,(H,25,26,29). The lowest BCUT2D eigenvalue weighted by molar-refractivity contribution is -0.138. The Bertz CT molecular complexity index is 1100. The lowest BCUT2D eigenvalue weighted by atomic mass is 10.0. The number of imide groups is 1. The average molecular weight is 417 g/mol. The van der Waals surface area contributed by atoms with Crippen molar-refractivity contribution >= 4 is 23.5 Å². The number of hydrogen-bond acceptors (Lipinski definition) is 6. The molecule has 8 nitrogen and oxygen atoms in total. The monoisotopic (exact) mass is 417 g/mol. The van der Waals surface area contributed by atoms with Crippen LogP contribution in [0.1, 0.15) is 31.4 Å². The van der Waals surface area contributed by atoms with Crippen LogP contribution in [0.25, 0.3) is 11.1 Å². The highest BCUT2D eigenvalue weighted by Gasteiger charge is 2.48. The summed E-state index contributed by atoms with van der Waals surface area (Å²) in [4.78, 5) is 49.9. The third-order valence-corrected chi connectivity index (χ3v) is 5.95. The van der Waals surface area contributed by atoms with E-state index in [1.54, 1.807) is 23.4 Å². The summed E-state index contributed by atoms with van der Waals surface area (Å²) in [6.45, 7) is 2.53. The molecule has 0 radical (unpaired) electrons. The van der Waals surface area contributed by atoms with Crippen molar-refractivity contribution in [2.24, 2.45) is 0 Å². The molecule has 2 aromatic heterocycles. The lowest BCUT2D eigenvalue weighted by Gasteiger charge is -2.28. The first kappa shape index (κ1) is 19.4. The van der Waals surface area contributed by atoms with Crippen molar-refractivity contribution in [2.75, 3.05) is 18.4 Å². The molecule has 0 atom stereocenters. The van der Waals surface area contributed by atoms with E-state index in [0.717, 1.165) is 36.1 Å². The quantitative estimate of drug-likeness (QED) is 0.750. The smallest absolute Gasteiger partial charge is 0.277 e. The van der Waals surface area contributed by atoms with Gasteiger partial charge in [-0.1, -0.05) is 6.07 Å². The molecule has 3 amide bonds. The minimum Gasteiger partial charge on any atom is -0.357 e. The van der Waals surface area contributed by atoms with Gasteiger partial charge < -0.3 is 10.2 Å². The molecule has 0 spiro atoms. The maximum Gasteiger partial charge on any atom is 0.277 e. The van der Waals surface area contributed by atoms with Crippen LogP contribution in [0.5, 0.6) is 0 Å². The predicted molar refractivity (Wildman–Crippen MR) is 114 cm³/mol. The largest absolute Gasteiger partial charge is 0.357 e. The second-order valence-corrected chi connectivity index (χ2v) is 8.18. The number of amides is 3. The molecule has 2 aliphatic heterocycles. The number of nitrogens with one attached hydrogen (secondary N) is 1. The maximum atomic E-state index is 12.8. The minimum absolute atomic E-state index is 0.0154. The number of rotatable bonds is 5. The van der Waals surface area contributed by atoms with Gasteiger partial charge >= 0.3 is 0 Å². The summed E-state index contributed by atoms with van der Waals surface area (Å²) in [5.41, 5.74) is 3.79. The Labute approximate surface area is 180 Å². The van der Waals surface area contributed by atoms with E-state index >= 15 is 0 Å². The average Bonchev–Trinajstić information content (AvgIpc) is 3.56. The van der Waals surface area contributed by atoms with Gasteiger partial charge in [-0.25, -0.2) is 4.98 Å². The number of aryl methyl sites for hydroxylation is 1. The van der Waals surface area contributed by atoms with Gasteiger partial charge in [-0.2, -0.15) is 0 Å². The van der Waals surface area contributed by atoms with Crippen LogP contribution in [0.2, 0.25) is 0 Å². The number of hydrogen-bond donors (Lipinski definition) is 1. The van der Waals surface area contributed by atoms with Crippen molar-refractivity contribution in [3.05, 3.63) is 53.6 Å². The molecule has 1 fully saturated rings. The van der Waals surface area contributed by atoms with Crippen molar-refractivity contribution < 1.29 is 14.4 Å². The molecule has 5 rings (SSSR count). The predicted octanol–water partition coefficient (Wildman–Crippen LogP) is 2.27. The van der Waals surface area contributed by atoms with E-state index in [1.807, 2.05) is 25.1 Å². The molecule has 0 bridgehead atoms. The molecule has 2 aromatic rings. The zero-order chi connectivity index (χ0) is 21.5. The first-order chi connectivity index (χ1) is 15.0. The summed E-state index contributed by atoms with van der Waals surface area (Å²) in [6, 6.07) is 7.52. The summed E-state index contributed by atoms with van der Waals surface area (Å²) in [7, 11) is 0. The highest BCUT2D eigenvalue weighted by molar-refractivity contribution is 6.19. The Morgan fingerprint density at radius 2 is 2.00 bits per heavy atom. The summed E-state index contributed by atoms with van der Waals surface area (Å²) in [6.07, 6.45) is 6.54. The van der Waals surface area contributed by atoms with Crippen LogP contribution in [0.15, 0.2) is 47.9 Å². The van der Waals surface area contributed by atoms with Crippen molar-refractivity contribution in [2.45, 2.75) is 38.6 Å². The molecule has 1 N–H and O–H groups in total. The molecule has 0 unspecified atom stereocenters.